The molecule has 0 bridgehead atoms. The van der Waals surface area contributed by atoms with Gasteiger partial charge in [-0.3, -0.25) is 0 Å². The number of aromatic nitrogens is 3. The molecule has 1 N–H and O–H groups in total. The van der Waals surface area contributed by atoms with E-state index in [1.165, 1.54) is 17.7 Å². The van der Waals surface area contributed by atoms with E-state index in [1.807, 2.05) is 24.4 Å². The average molecular weight is 285 g/mol. The number of carboxylic acids is 1. The molecule has 1 fully saturated rings. The standard InChI is InChI=1S/C14H11N3O2S/c18-14(19)13-9(6-11(20-13)8-3-4-8)12-10-2-1-5-17(10)16-7-15-12/h1-2,5-8H,3-4H2,(H,18,19). The molecular weight excluding hydrogens is 274 g/mol. The first-order valence-electron chi connectivity index (χ1n) is 6.40. The van der Waals surface area contributed by atoms with Crippen LogP contribution in [0.25, 0.3) is 16.8 Å². The van der Waals surface area contributed by atoms with Crippen LogP contribution in [-0.4, -0.2) is 25.7 Å². The van der Waals surface area contributed by atoms with Crippen LogP contribution >= 0.6 is 11.3 Å². The average Bonchev–Trinajstić information content (AvgIpc) is 3.02. The molecule has 6 heteroatoms. The Morgan fingerprint density at radius 3 is 3.05 bits per heavy atom. The molecule has 0 amide bonds. The van der Waals surface area contributed by atoms with E-state index in [0.717, 1.165) is 23.2 Å². The topological polar surface area (TPSA) is 67.5 Å². The van der Waals surface area contributed by atoms with Crippen LogP contribution in [0.3, 0.4) is 0 Å². The molecule has 0 spiro atoms. The van der Waals surface area contributed by atoms with Crippen molar-refractivity contribution in [3.63, 3.8) is 0 Å². The van der Waals surface area contributed by atoms with Crippen LogP contribution < -0.4 is 0 Å². The van der Waals surface area contributed by atoms with Gasteiger partial charge < -0.3 is 5.11 Å². The van der Waals surface area contributed by atoms with E-state index in [0.29, 0.717) is 22.1 Å². The van der Waals surface area contributed by atoms with Gasteiger partial charge in [-0.25, -0.2) is 14.3 Å². The van der Waals surface area contributed by atoms with Crippen LogP contribution in [0.1, 0.15) is 33.3 Å². The van der Waals surface area contributed by atoms with Crippen LogP contribution in [0, 0.1) is 0 Å². The van der Waals surface area contributed by atoms with Gasteiger partial charge >= 0.3 is 5.97 Å². The van der Waals surface area contributed by atoms with Gasteiger partial charge in [-0.1, -0.05) is 0 Å². The quantitative estimate of drug-likeness (QED) is 0.803. The molecule has 1 aliphatic rings. The lowest BCUT2D eigenvalue weighted by Gasteiger charge is -2.02. The van der Waals surface area contributed by atoms with Crippen molar-refractivity contribution in [1.29, 1.82) is 0 Å². The number of carbonyl (C=O) groups is 1. The molecule has 0 saturated heterocycles. The number of fused-ring (bicyclic) bond motifs is 1. The Kier molecular flexibility index (Phi) is 2.40. The number of thiophene rings is 1. The smallest absolute Gasteiger partial charge is 0.346 e. The highest BCUT2D eigenvalue weighted by atomic mass is 32.1. The molecule has 5 nitrogen and oxygen atoms in total. The van der Waals surface area contributed by atoms with Gasteiger partial charge in [0.15, 0.2) is 0 Å². The van der Waals surface area contributed by atoms with Crippen LogP contribution in [-0.2, 0) is 0 Å². The number of carboxylic acid groups (broad SMARTS) is 1. The zero-order chi connectivity index (χ0) is 13.7. The molecular formula is C14H11N3O2S. The van der Waals surface area contributed by atoms with Crippen LogP contribution in [0.5, 0.6) is 0 Å². The molecule has 1 saturated carbocycles. The first-order chi connectivity index (χ1) is 9.74. The van der Waals surface area contributed by atoms with Crippen LogP contribution in [0.15, 0.2) is 30.7 Å². The highest BCUT2D eigenvalue weighted by Crippen LogP contribution is 2.46. The maximum absolute atomic E-state index is 11.5. The number of hydrogen-bond donors (Lipinski definition) is 1. The van der Waals surface area contributed by atoms with Gasteiger partial charge in [-0.2, -0.15) is 5.10 Å². The lowest BCUT2D eigenvalue weighted by molar-refractivity contribution is 0.0703. The van der Waals surface area contributed by atoms with Crippen molar-refractivity contribution in [2.45, 2.75) is 18.8 Å². The molecule has 3 aromatic heterocycles. The maximum atomic E-state index is 11.5. The first-order valence-corrected chi connectivity index (χ1v) is 7.21. The van der Waals surface area contributed by atoms with Crippen molar-refractivity contribution < 1.29 is 9.90 Å². The predicted molar refractivity (Wildman–Crippen MR) is 75.2 cm³/mol. The van der Waals surface area contributed by atoms with Gasteiger partial charge in [-0.05, 0) is 37.0 Å². The van der Waals surface area contributed by atoms with E-state index < -0.39 is 5.97 Å². The molecule has 0 atom stereocenters. The highest BCUT2D eigenvalue weighted by Gasteiger charge is 2.29. The highest BCUT2D eigenvalue weighted by molar-refractivity contribution is 7.14. The van der Waals surface area contributed by atoms with Crippen LogP contribution in [0.2, 0.25) is 0 Å². The molecule has 0 aromatic carbocycles. The summed E-state index contributed by atoms with van der Waals surface area (Å²) in [5, 5.41) is 13.5. The van der Waals surface area contributed by atoms with E-state index in [4.69, 9.17) is 0 Å². The second-order valence-electron chi connectivity index (χ2n) is 4.92. The second-order valence-corrected chi connectivity index (χ2v) is 6.00. The minimum atomic E-state index is -0.889. The van der Waals surface area contributed by atoms with E-state index in [1.54, 1.807) is 4.52 Å². The summed E-state index contributed by atoms with van der Waals surface area (Å²) < 4.78 is 1.71. The summed E-state index contributed by atoms with van der Waals surface area (Å²) >= 11 is 1.37. The van der Waals surface area contributed by atoms with Gasteiger partial charge in [0.1, 0.15) is 11.2 Å². The summed E-state index contributed by atoms with van der Waals surface area (Å²) in [4.78, 5) is 17.3. The summed E-state index contributed by atoms with van der Waals surface area (Å²) in [6.45, 7) is 0. The molecule has 1 aliphatic carbocycles. The van der Waals surface area contributed by atoms with Crippen molar-refractivity contribution in [1.82, 2.24) is 14.6 Å². The number of aromatic carboxylic acids is 1. The zero-order valence-electron chi connectivity index (χ0n) is 10.5. The van der Waals surface area contributed by atoms with Crippen molar-refractivity contribution in [3.05, 3.63) is 40.5 Å². The molecule has 3 heterocycles. The molecule has 20 heavy (non-hydrogen) atoms. The number of rotatable bonds is 3. The summed E-state index contributed by atoms with van der Waals surface area (Å²) in [6, 6.07) is 5.76. The molecule has 0 unspecified atom stereocenters. The molecule has 100 valence electrons. The van der Waals surface area contributed by atoms with E-state index in [9.17, 15) is 9.90 Å². The predicted octanol–water partition coefficient (Wildman–Crippen LogP) is 3.03. The van der Waals surface area contributed by atoms with E-state index in [2.05, 4.69) is 10.1 Å². The maximum Gasteiger partial charge on any atom is 0.346 e. The minimum absolute atomic E-state index is 0.369. The van der Waals surface area contributed by atoms with Crippen LogP contribution in [0.4, 0.5) is 0 Å². The van der Waals surface area contributed by atoms with Crippen molar-refractivity contribution >= 4 is 22.8 Å². The Morgan fingerprint density at radius 2 is 2.30 bits per heavy atom. The third kappa shape index (κ3) is 1.72. The lowest BCUT2D eigenvalue weighted by Crippen LogP contribution is -1.98. The molecule has 4 rings (SSSR count). The normalized spacial score (nSPS) is 14.8. The first kappa shape index (κ1) is 11.6. The molecule has 0 radical (unpaired) electrons. The van der Waals surface area contributed by atoms with Crippen molar-refractivity contribution in [3.8, 4) is 11.3 Å². The lowest BCUT2D eigenvalue weighted by atomic mass is 10.1. The molecule has 0 aliphatic heterocycles. The monoisotopic (exact) mass is 285 g/mol. The van der Waals surface area contributed by atoms with Gasteiger partial charge in [0, 0.05) is 16.6 Å². The summed E-state index contributed by atoms with van der Waals surface area (Å²) in [6.07, 6.45) is 5.60. The fourth-order valence-electron chi connectivity index (χ4n) is 2.39. The Labute approximate surface area is 118 Å². The fraction of sp³-hybridized carbons (Fsp3) is 0.214. The Balaban J connectivity index is 1.96. The minimum Gasteiger partial charge on any atom is -0.477 e. The largest absolute Gasteiger partial charge is 0.477 e. The zero-order valence-corrected chi connectivity index (χ0v) is 11.3. The van der Waals surface area contributed by atoms with E-state index >= 15 is 0 Å². The van der Waals surface area contributed by atoms with Gasteiger partial charge in [0.25, 0.3) is 0 Å². The fourth-order valence-corrected chi connectivity index (χ4v) is 3.55. The van der Waals surface area contributed by atoms with Gasteiger partial charge in [0.2, 0.25) is 0 Å². The summed E-state index contributed by atoms with van der Waals surface area (Å²) in [7, 11) is 0. The number of hydrogen-bond acceptors (Lipinski definition) is 4. The third-order valence-electron chi connectivity index (χ3n) is 3.51. The Bertz CT molecular complexity index is 817. The van der Waals surface area contributed by atoms with Crippen molar-refractivity contribution in [2.24, 2.45) is 0 Å². The Morgan fingerprint density at radius 1 is 1.45 bits per heavy atom. The Hall–Kier alpha value is -2.21. The third-order valence-corrected chi connectivity index (χ3v) is 4.80. The van der Waals surface area contributed by atoms with E-state index in [-0.39, 0.29) is 0 Å². The van der Waals surface area contributed by atoms with Gasteiger partial charge in [-0.15, -0.1) is 11.3 Å². The second kappa shape index (κ2) is 4.14. The van der Waals surface area contributed by atoms with Gasteiger partial charge in [0.05, 0.1) is 11.2 Å². The summed E-state index contributed by atoms with van der Waals surface area (Å²) in [5.74, 6) is -0.350. The van der Waals surface area contributed by atoms with Crippen molar-refractivity contribution in [2.75, 3.05) is 0 Å². The SMILES string of the molecule is O=C(O)c1sc(C2CC2)cc1-c1ncnn2cccc12. The molecule has 3 aromatic rings. The number of nitrogens with zero attached hydrogens (tertiary/aromatic N) is 3. The summed E-state index contributed by atoms with van der Waals surface area (Å²) in [5.41, 5.74) is 2.22.